The van der Waals surface area contributed by atoms with E-state index < -0.39 is 11.7 Å². The van der Waals surface area contributed by atoms with Gasteiger partial charge in [-0.15, -0.1) is 0 Å². The van der Waals surface area contributed by atoms with Gasteiger partial charge in [0.1, 0.15) is 0 Å². The lowest BCUT2D eigenvalue weighted by atomic mass is 9.95. The number of nitrogens with one attached hydrogen (secondary N) is 1. The Morgan fingerprint density at radius 3 is 2.45 bits per heavy atom. The fourth-order valence-corrected chi connectivity index (χ4v) is 2.67. The van der Waals surface area contributed by atoms with E-state index in [0.29, 0.717) is 17.2 Å². The van der Waals surface area contributed by atoms with Gasteiger partial charge in [0.2, 0.25) is 0 Å². The van der Waals surface area contributed by atoms with Crippen molar-refractivity contribution in [2.24, 2.45) is 0 Å². The molecule has 116 valence electrons. The van der Waals surface area contributed by atoms with Gasteiger partial charge in [-0.3, -0.25) is 9.97 Å². The highest BCUT2D eigenvalue weighted by atomic mass is 19.4. The van der Waals surface area contributed by atoms with Gasteiger partial charge in [-0.2, -0.15) is 13.2 Å². The second-order valence-electron chi connectivity index (χ2n) is 5.43. The van der Waals surface area contributed by atoms with Crippen LogP contribution in [0.3, 0.4) is 0 Å². The first kappa shape index (κ1) is 15.0. The minimum Gasteiger partial charge on any atom is -0.317 e. The van der Waals surface area contributed by atoms with Crippen molar-refractivity contribution in [3.63, 3.8) is 0 Å². The van der Waals surface area contributed by atoms with Crippen molar-refractivity contribution in [2.75, 3.05) is 13.1 Å². The van der Waals surface area contributed by atoms with Crippen LogP contribution in [0.1, 0.15) is 30.0 Å². The van der Waals surface area contributed by atoms with Crippen LogP contribution in [0.5, 0.6) is 0 Å². The lowest BCUT2D eigenvalue weighted by Crippen LogP contribution is -2.27. The zero-order chi connectivity index (χ0) is 15.6. The summed E-state index contributed by atoms with van der Waals surface area (Å²) in [6.45, 7) is 1.92. The number of rotatable bonds is 2. The SMILES string of the molecule is FC(F)(F)c1cccc(-c2cnc(C3CCNCC3)cn2)c1. The van der Waals surface area contributed by atoms with E-state index in [9.17, 15) is 13.2 Å². The Bertz CT molecular complexity index is 632. The summed E-state index contributed by atoms with van der Waals surface area (Å²) in [4.78, 5) is 8.70. The van der Waals surface area contributed by atoms with E-state index in [-0.39, 0.29) is 0 Å². The van der Waals surface area contributed by atoms with Crippen molar-refractivity contribution < 1.29 is 13.2 Å². The Morgan fingerprint density at radius 1 is 1.05 bits per heavy atom. The van der Waals surface area contributed by atoms with Gasteiger partial charge in [-0.05, 0) is 38.1 Å². The summed E-state index contributed by atoms with van der Waals surface area (Å²) in [5, 5.41) is 3.29. The van der Waals surface area contributed by atoms with Gasteiger partial charge in [0, 0.05) is 17.7 Å². The van der Waals surface area contributed by atoms with Crippen LogP contribution < -0.4 is 5.32 Å². The summed E-state index contributed by atoms with van der Waals surface area (Å²) >= 11 is 0. The van der Waals surface area contributed by atoms with Gasteiger partial charge in [-0.1, -0.05) is 12.1 Å². The molecule has 0 atom stereocenters. The zero-order valence-electron chi connectivity index (χ0n) is 11.9. The van der Waals surface area contributed by atoms with Crippen LogP contribution in [0.2, 0.25) is 0 Å². The van der Waals surface area contributed by atoms with Crippen LogP contribution in [0.4, 0.5) is 13.2 Å². The van der Waals surface area contributed by atoms with Gasteiger partial charge in [0.15, 0.2) is 0 Å². The average molecular weight is 307 g/mol. The molecule has 22 heavy (non-hydrogen) atoms. The molecule has 1 aliphatic rings. The van der Waals surface area contributed by atoms with Gasteiger partial charge in [0.05, 0.1) is 23.1 Å². The van der Waals surface area contributed by atoms with E-state index >= 15 is 0 Å². The quantitative estimate of drug-likeness (QED) is 0.920. The maximum Gasteiger partial charge on any atom is 0.416 e. The van der Waals surface area contributed by atoms with Gasteiger partial charge in [-0.25, -0.2) is 0 Å². The highest BCUT2D eigenvalue weighted by molar-refractivity contribution is 5.59. The molecule has 0 spiro atoms. The Kier molecular flexibility index (Phi) is 4.11. The summed E-state index contributed by atoms with van der Waals surface area (Å²) in [7, 11) is 0. The van der Waals surface area contributed by atoms with Crippen molar-refractivity contribution in [2.45, 2.75) is 24.9 Å². The highest BCUT2D eigenvalue weighted by Crippen LogP contribution is 2.32. The molecule has 3 nitrogen and oxygen atoms in total. The molecular weight excluding hydrogens is 291 g/mol. The molecule has 0 bridgehead atoms. The molecule has 0 aliphatic carbocycles. The smallest absolute Gasteiger partial charge is 0.317 e. The van der Waals surface area contributed by atoms with Gasteiger partial charge < -0.3 is 5.32 Å². The first-order chi connectivity index (χ1) is 10.5. The molecule has 1 aromatic heterocycles. The van der Waals surface area contributed by atoms with E-state index in [1.807, 2.05) is 0 Å². The number of alkyl halides is 3. The second-order valence-corrected chi connectivity index (χ2v) is 5.43. The molecule has 1 aromatic carbocycles. The van der Waals surface area contributed by atoms with E-state index in [4.69, 9.17) is 0 Å². The molecule has 0 radical (unpaired) electrons. The monoisotopic (exact) mass is 307 g/mol. The Labute approximate surface area is 126 Å². The minimum atomic E-state index is -4.35. The number of halogens is 3. The minimum absolute atomic E-state index is 0.379. The molecule has 0 amide bonds. The Hall–Kier alpha value is -1.95. The lowest BCUT2D eigenvalue weighted by Gasteiger charge is -2.21. The number of hydrogen-bond donors (Lipinski definition) is 1. The standard InChI is InChI=1S/C16H16F3N3/c17-16(18,19)13-3-1-2-12(8-13)15-10-21-14(9-22-15)11-4-6-20-7-5-11/h1-3,8-11,20H,4-7H2. The molecule has 2 heterocycles. The molecular formula is C16H16F3N3. The van der Waals surface area contributed by atoms with Crippen LogP contribution in [-0.2, 0) is 6.18 Å². The summed E-state index contributed by atoms with van der Waals surface area (Å²) in [5.74, 6) is 0.379. The molecule has 3 rings (SSSR count). The first-order valence-corrected chi connectivity index (χ1v) is 7.24. The molecule has 6 heteroatoms. The molecule has 1 fully saturated rings. The largest absolute Gasteiger partial charge is 0.416 e. The summed E-state index contributed by atoms with van der Waals surface area (Å²) in [6, 6.07) is 5.17. The van der Waals surface area contributed by atoms with E-state index in [2.05, 4.69) is 15.3 Å². The average Bonchev–Trinajstić information content (AvgIpc) is 2.55. The third-order valence-corrected chi connectivity index (χ3v) is 3.91. The fourth-order valence-electron chi connectivity index (χ4n) is 2.67. The maximum absolute atomic E-state index is 12.7. The van der Waals surface area contributed by atoms with Crippen molar-refractivity contribution in [1.82, 2.24) is 15.3 Å². The highest BCUT2D eigenvalue weighted by Gasteiger charge is 2.30. The topological polar surface area (TPSA) is 37.8 Å². The van der Waals surface area contributed by atoms with Crippen molar-refractivity contribution in [3.05, 3.63) is 47.9 Å². The Morgan fingerprint density at radius 2 is 1.82 bits per heavy atom. The maximum atomic E-state index is 12.7. The molecule has 1 aliphatic heterocycles. The third kappa shape index (κ3) is 3.27. The summed E-state index contributed by atoms with van der Waals surface area (Å²) in [6.07, 6.45) is 0.923. The number of nitrogens with zero attached hydrogens (tertiary/aromatic N) is 2. The normalized spacial score (nSPS) is 16.7. The number of benzene rings is 1. The number of aromatic nitrogens is 2. The van der Waals surface area contributed by atoms with Crippen LogP contribution in [0.15, 0.2) is 36.7 Å². The van der Waals surface area contributed by atoms with E-state index in [1.165, 1.54) is 6.07 Å². The van der Waals surface area contributed by atoms with Crippen molar-refractivity contribution in [1.29, 1.82) is 0 Å². The molecule has 2 aromatic rings. The molecule has 1 saturated heterocycles. The number of piperidine rings is 1. The first-order valence-electron chi connectivity index (χ1n) is 7.24. The fraction of sp³-hybridized carbons (Fsp3) is 0.375. The van der Waals surface area contributed by atoms with Crippen LogP contribution in [-0.4, -0.2) is 23.1 Å². The van der Waals surface area contributed by atoms with Crippen LogP contribution in [0.25, 0.3) is 11.3 Å². The lowest BCUT2D eigenvalue weighted by molar-refractivity contribution is -0.137. The molecule has 0 unspecified atom stereocenters. The predicted octanol–water partition coefficient (Wildman–Crippen LogP) is 3.63. The van der Waals surface area contributed by atoms with Crippen LogP contribution in [0, 0.1) is 0 Å². The summed E-state index contributed by atoms with van der Waals surface area (Å²) in [5.41, 5.74) is 1.13. The molecule has 1 N–H and O–H groups in total. The van der Waals surface area contributed by atoms with Gasteiger partial charge >= 0.3 is 6.18 Å². The van der Waals surface area contributed by atoms with Crippen molar-refractivity contribution >= 4 is 0 Å². The second kappa shape index (κ2) is 6.04. The predicted molar refractivity (Wildman–Crippen MR) is 77.3 cm³/mol. The van der Waals surface area contributed by atoms with E-state index in [0.717, 1.165) is 43.8 Å². The van der Waals surface area contributed by atoms with E-state index in [1.54, 1.807) is 18.5 Å². The zero-order valence-corrected chi connectivity index (χ0v) is 11.9. The van der Waals surface area contributed by atoms with Gasteiger partial charge in [0.25, 0.3) is 0 Å². The van der Waals surface area contributed by atoms with Crippen molar-refractivity contribution in [3.8, 4) is 11.3 Å². The molecule has 0 saturated carbocycles. The Balaban J connectivity index is 1.83. The number of hydrogen-bond acceptors (Lipinski definition) is 3. The summed E-state index contributed by atoms with van der Waals surface area (Å²) < 4.78 is 38.2. The van der Waals surface area contributed by atoms with Crippen LogP contribution >= 0.6 is 0 Å². The third-order valence-electron chi connectivity index (χ3n) is 3.91.